The van der Waals surface area contributed by atoms with Crippen LogP contribution < -0.4 is 9.47 Å². The van der Waals surface area contributed by atoms with Gasteiger partial charge < -0.3 is 19.1 Å². The van der Waals surface area contributed by atoms with Crippen LogP contribution in [-0.2, 0) is 9.53 Å². The number of nitro groups is 1. The van der Waals surface area contributed by atoms with Crippen molar-refractivity contribution in [3.63, 3.8) is 0 Å². The van der Waals surface area contributed by atoms with E-state index in [2.05, 4.69) is 0 Å². The van der Waals surface area contributed by atoms with Crippen molar-refractivity contribution >= 4 is 11.6 Å². The van der Waals surface area contributed by atoms with E-state index in [1.807, 2.05) is 13.8 Å². The minimum atomic E-state index is -0.528. The number of ether oxygens (including phenoxy) is 3. The summed E-state index contributed by atoms with van der Waals surface area (Å²) in [6, 6.07) is 4.01. The summed E-state index contributed by atoms with van der Waals surface area (Å²) in [5, 5.41) is 10.8. The summed E-state index contributed by atoms with van der Waals surface area (Å²) in [7, 11) is 1.43. The number of benzene rings is 1. The van der Waals surface area contributed by atoms with Crippen molar-refractivity contribution in [1.82, 2.24) is 4.90 Å². The number of carbonyl (C=O) groups is 1. The molecule has 1 heterocycles. The second-order valence-corrected chi connectivity index (χ2v) is 5.44. The monoisotopic (exact) mass is 324 g/mol. The number of non-ortho nitro benzene ring substituents is 1. The van der Waals surface area contributed by atoms with Gasteiger partial charge >= 0.3 is 0 Å². The van der Waals surface area contributed by atoms with Crippen molar-refractivity contribution in [2.75, 3.05) is 26.8 Å². The van der Waals surface area contributed by atoms with Crippen molar-refractivity contribution in [1.29, 1.82) is 0 Å². The number of nitro benzene ring substituents is 1. The van der Waals surface area contributed by atoms with Gasteiger partial charge in [0, 0.05) is 19.2 Å². The molecule has 0 aliphatic carbocycles. The molecule has 1 aromatic rings. The number of amides is 1. The first kappa shape index (κ1) is 17.0. The second-order valence-electron chi connectivity index (χ2n) is 5.44. The first-order valence-electron chi connectivity index (χ1n) is 7.29. The Morgan fingerprint density at radius 2 is 2.00 bits per heavy atom. The van der Waals surface area contributed by atoms with E-state index in [1.165, 1.54) is 25.3 Å². The molecule has 0 radical (unpaired) electrons. The van der Waals surface area contributed by atoms with E-state index in [9.17, 15) is 14.9 Å². The van der Waals surface area contributed by atoms with Crippen LogP contribution in [0, 0.1) is 10.1 Å². The lowest BCUT2D eigenvalue weighted by Crippen LogP contribution is -2.49. The fraction of sp³-hybridized carbons (Fsp3) is 0.533. The second kappa shape index (κ2) is 7.28. The zero-order valence-electron chi connectivity index (χ0n) is 13.4. The predicted octanol–water partition coefficient (Wildman–Crippen LogP) is 1.62. The van der Waals surface area contributed by atoms with Gasteiger partial charge in [0.1, 0.15) is 0 Å². The molecular weight excluding hydrogens is 304 g/mol. The van der Waals surface area contributed by atoms with Gasteiger partial charge in [0.25, 0.3) is 11.6 Å². The molecule has 23 heavy (non-hydrogen) atoms. The van der Waals surface area contributed by atoms with E-state index in [0.29, 0.717) is 18.8 Å². The molecule has 1 aliphatic rings. The molecule has 0 unspecified atom stereocenters. The number of hydrogen-bond donors (Lipinski definition) is 0. The van der Waals surface area contributed by atoms with Gasteiger partial charge in [-0.15, -0.1) is 0 Å². The molecule has 1 fully saturated rings. The smallest absolute Gasteiger partial charge is 0.273 e. The summed E-state index contributed by atoms with van der Waals surface area (Å²) in [5.74, 6) is 0.317. The topological polar surface area (TPSA) is 91.1 Å². The highest BCUT2D eigenvalue weighted by atomic mass is 16.6. The van der Waals surface area contributed by atoms with Crippen LogP contribution in [0.5, 0.6) is 11.5 Å². The lowest BCUT2D eigenvalue weighted by Gasteiger charge is -2.35. The van der Waals surface area contributed by atoms with Crippen LogP contribution >= 0.6 is 0 Å². The largest absolute Gasteiger partial charge is 0.493 e. The molecule has 8 heteroatoms. The predicted molar refractivity (Wildman–Crippen MR) is 81.7 cm³/mol. The average molecular weight is 324 g/mol. The zero-order chi connectivity index (χ0) is 17.0. The molecule has 8 nitrogen and oxygen atoms in total. The van der Waals surface area contributed by atoms with Gasteiger partial charge in [-0.25, -0.2) is 0 Å². The summed E-state index contributed by atoms with van der Waals surface area (Å²) in [5.41, 5.74) is -0.123. The molecule has 0 saturated carbocycles. The van der Waals surface area contributed by atoms with Crippen LogP contribution in [0.3, 0.4) is 0 Å². The highest BCUT2D eigenvalue weighted by molar-refractivity contribution is 5.78. The highest BCUT2D eigenvalue weighted by Crippen LogP contribution is 2.31. The minimum Gasteiger partial charge on any atom is -0.493 e. The first-order valence-corrected chi connectivity index (χ1v) is 7.29. The molecular formula is C15H20N2O6. The van der Waals surface area contributed by atoms with Crippen LogP contribution in [0.4, 0.5) is 5.69 Å². The van der Waals surface area contributed by atoms with E-state index in [1.54, 1.807) is 4.90 Å². The van der Waals surface area contributed by atoms with E-state index in [4.69, 9.17) is 14.2 Å². The van der Waals surface area contributed by atoms with Crippen molar-refractivity contribution in [2.24, 2.45) is 0 Å². The first-order chi connectivity index (χ1) is 10.9. The number of rotatable bonds is 5. The van der Waals surface area contributed by atoms with Gasteiger partial charge in [0.05, 0.1) is 30.3 Å². The van der Waals surface area contributed by atoms with Crippen molar-refractivity contribution < 1.29 is 23.9 Å². The molecule has 1 aliphatic heterocycles. The van der Waals surface area contributed by atoms with Gasteiger partial charge in [-0.1, -0.05) is 0 Å². The summed E-state index contributed by atoms with van der Waals surface area (Å²) in [4.78, 5) is 24.2. The molecule has 126 valence electrons. The molecule has 1 saturated heterocycles. The molecule has 0 spiro atoms. The third-order valence-electron chi connectivity index (χ3n) is 3.48. The fourth-order valence-electron chi connectivity index (χ4n) is 2.50. The van der Waals surface area contributed by atoms with Crippen LogP contribution in [0.2, 0.25) is 0 Å². The Hall–Kier alpha value is -2.35. The summed E-state index contributed by atoms with van der Waals surface area (Å²) >= 11 is 0. The maximum Gasteiger partial charge on any atom is 0.273 e. The molecule has 2 rings (SSSR count). The Kier molecular flexibility index (Phi) is 5.38. The Labute approximate surface area is 134 Å². The molecule has 1 aromatic carbocycles. The SMILES string of the molecule is COc1ccc([N+](=O)[O-])cc1OCC(=O)N1C[C@@H](C)O[C@H](C)C1. The number of carbonyl (C=O) groups excluding carboxylic acids is 1. The number of methoxy groups -OCH3 is 1. The number of nitrogens with zero attached hydrogens (tertiary/aromatic N) is 2. The van der Waals surface area contributed by atoms with Gasteiger partial charge in [-0.2, -0.15) is 0 Å². The normalized spacial score (nSPS) is 20.9. The summed E-state index contributed by atoms with van der Waals surface area (Å²) < 4.78 is 16.1. The van der Waals surface area contributed by atoms with Crippen molar-refractivity contribution in [2.45, 2.75) is 26.1 Å². The minimum absolute atomic E-state index is 0.0324. The third kappa shape index (κ3) is 4.32. The lowest BCUT2D eigenvalue weighted by molar-refractivity contribution is -0.385. The zero-order valence-corrected chi connectivity index (χ0v) is 13.4. The highest BCUT2D eigenvalue weighted by Gasteiger charge is 2.26. The number of morpholine rings is 1. The Morgan fingerprint density at radius 1 is 1.35 bits per heavy atom. The third-order valence-corrected chi connectivity index (χ3v) is 3.48. The van der Waals surface area contributed by atoms with Crippen LogP contribution in [0.15, 0.2) is 18.2 Å². The standard InChI is InChI=1S/C15H20N2O6/c1-10-7-16(8-11(2)23-10)15(18)9-22-14-6-12(17(19)20)4-5-13(14)21-3/h4-6,10-11H,7-9H2,1-3H3/t10-,11-/m1/s1. The fourth-order valence-corrected chi connectivity index (χ4v) is 2.50. The average Bonchev–Trinajstić information content (AvgIpc) is 2.51. The maximum atomic E-state index is 12.3. The molecule has 1 amide bonds. The van der Waals surface area contributed by atoms with Crippen LogP contribution in [0.1, 0.15) is 13.8 Å². The Bertz CT molecular complexity index is 581. The molecule has 2 atom stereocenters. The quantitative estimate of drug-likeness (QED) is 0.604. The van der Waals surface area contributed by atoms with Gasteiger partial charge in [0.2, 0.25) is 0 Å². The van der Waals surface area contributed by atoms with Gasteiger partial charge in [-0.3, -0.25) is 14.9 Å². The summed E-state index contributed by atoms with van der Waals surface area (Å²) in [6.45, 7) is 4.59. The van der Waals surface area contributed by atoms with Gasteiger partial charge in [-0.05, 0) is 19.9 Å². The van der Waals surface area contributed by atoms with E-state index in [0.717, 1.165) is 0 Å². The van der Waals surface area contributed by atoms with Crippen molar-refractivity contribution in [3.05, 3.63) is 28.3 Å². The van der Waals surface area contributed by atoms with Crippen molar-refractivity contribution in [3.8, 4) is 11.5 Å². The maximum absolute atomic E-state index is 12.3. The molecule has 0 bridgehead atoms. The summed E-state index contributed by atoms with van der Waals surface area (Å²) in [6.07, 6.45) is -0.0647. The lowest BCUT2D eigenvalue weighted by atomic mass is 10.2. The van der Waals surface area contributed by atoms with Crippen LogP contribution in [-0.4, -0.2) is 54.7 Å². The Morgan fingerprint density at radius 3 is 2.57 bits per heavy atom. The van der Waals surface area contributed by atoms with Crippen LogP contribution in [0.25, 0.3) is 0 Å². The van der Waals surface area contributed by atoms with E-state index in [-0.39, 0.29) is 36.2 Å². The Balaban J connectivity index is 2.03. The molecule has 0 aromatic heterocycles. The van der Waals surface area contributed by atoms with E-state index >= 15 is 0 Å². The van der Waals surface area contributed by atoms with E-state index < -0.39 is 4.92 Å². The molecule has 0 N–H and O–H groups in total. The van der Waals surface area contributed by atoms with Gasteiger partial charge in [0.15, 0.2) is 18.1 Å². The number of hydrogen-bond acceptors (Lipinski definition) is 6.